The number of rotatable bonds is 5. The number of anilines is 1. The highest BCUT2D eigenvalue weighted by Gasteiger charge is 2.28. The van der Waals surface area contributed by atoms with E-state index >= 15 is 0 Å². The number of nitrogens with zero attached hydrogens (tertiary/aromatic N) is 1. The van der Waals surface area contributed by atoms with Gasteiger partial charge in [-0.25, -0.2) is 4.98 Å². The molecule has 0 saturated carbocycles. The summed E-state index contributed by atoms with van der Waals surface area (Å²) in [7, 11) is 2.06. The Morgan fingerprint density at radius 2 is 2.17 bits per heavy atom. The predicted octanol–water partition coefficient (Wildman–Crippen LogP) is 5.95. The van der Waals surface area contributed by atoms with E-state index in [1.165, 1.54) is 18.0 Å². The molecule has 9 heteroatoms. The van der Waals surface area contributed by atoms with Crippen molar-refractivity contribution >= 4 is 79.2 Å². The maximum Gasteiger partial charge on any atom is 0.290 e. The van der Waals surface area contributed by atoms with Gasteiger partial charge in [0.25, 0.3) is 6.47 Å². The molecule has 3 aromatic rings. The molecule has 154 valence electrons. The van der Waals surface area contributed by atoms with Gasteiger partial charge in [0.2, 0.25) is 0 Å². The van der Waals surface area contributed by atoms with E-state index in [1.807, 2.05) is 17.4 Å². The Morgan fingerprint density at radius 3 is 2.86 bits per heavy atom. The molecule has 0 fully saturated rings. The minimum atomic E-state index is -0.250. The van der Waals surface area contributed by atoms with Crippen LogP contribution in [0.2, 0.25) is 5.15 Å². The van der Waals surface area contributed by atoms with Crippen molar-refractivity contribution in [3.8, 4) is 0 Å². The van der Waals surface area contributed by atoms with Crippen molar-refractivity contribution < 1.29 is 9.90 Å². The Kier molecular flexibility index (Phi) is 8.31. The average Bonchev–Trinajstić information content (AvgIpc) is 3.35. The van der Waals surface area contributed by atoms with Crippen molar-refractivity contribution in [3.63, 3.8) is 0 Å². The first-order valence-electron chi connectivity index (χ1n) is 9.03. The highest BCUT2D eigenvalue weighted by atomic mass is 127. The molecule has 5 nitrogen and oxygen atoms in total. The summed E-state index contributed by atoms with van der Waals surface area (Å²) >= 11 is 12.4. The molecule has 0 spiro atoms. The van der Waals surface area contributed by atoms with Gasteiger partial charge >= 0.3 is 0 Å². The monoisotopic (exact) mass is 561 g/mol. The van der Waals surface area contributed by atoms with E-state index in [0.717, 1.165) is 30.6 Å². The summed E-state index contributed by atoms with van der Waals surface area (Å²) in [5.74, 6) is 0.486. The normalized spacial score (nSPS) is 18.3. The van der Waals surface area contributed by atoms with Crippen LogP contribution in [0.5, 0.6) is 0 Å². The lowest BCUT2D eigenvalue weighted by molar-refractivity contribution is -0.122. The van der Waals surface area contributed by atoms with Gasteiger partial charge in [0, 0.05) is 34.3 Å². The fraction of sp³-hybridized carbons (Fsp3) is 0.300. The van der Waals surface area contributed by atoms with Crippen LogP contribution in [0, 0.1) is 3.57 Å². The lowest BCUT2D eigenvalue weighted by Crippen LogP contribution is -2.32. The molecule has 0 radical (unpaired) electrons. The molecule has 1 aliphatic rings. The van der Waals surface area contributed by atoms with Crippen LogP contribution in [-0.2, 0) is 11.3 Å². The van der Waals surface area contributed by atoms with Crippen molar-refractivity contribution in [1.82, 2.24) is 10.3 Å². The van der Waals surface area contributed by atoms with E-state index in [0.29, 0.717) is 17.1 Å². The SMILES string of the molecule is CN[C@H]1CC=CC[C@@H]1c1sc2c(NCc3cccs3)cc(Cl)nc2c1I.O=CO. The number of halogens is 2. The molecule has 0 aromatic carbocycles. The maximum atomic E-state index is 8.36. The Bertz CT molecular complexity index is 991. The third-order valence-corrected chi connectivity index (χ3v) is 8.62. The van der Waals surface area contributed by atoms with E-state index in [-0.39, 0.29) is 6.47 Å². The maximum absolute atomic E-state index is 8.36. The third-order valence-electron chi connectivity index (χ3n) is 4.75. The van der Waals surface area contributed by atoms with Gasteiger partial charge in [-0.1, -0.05) is 29.8 Å². The minimum Gasteiger partial charge on any atom is -0.483 e. The van der Waals surface area contributed by atoms with Gasteiger partial charge in [-0.2, -0.15) is 0 Å². The van der Waals surface area contributed by atoms with Gasteiger partial charge in [-0.15, -0.1) is 22.7 Å². The van der Waals surface area contributed by atoms with Crippen molar-refractivity contribution in [2.45, 2.75) is 31.3 Å². The van der Waals surface area contributed by atoms with Crippen molar-refractivity contribution in [3.05, 3.63) is 54.2 Å². The van der Waals surface area contributed by atoms with Crippen LogP contribution in [0.3, 0.4) is 0 Å². The summed E-state index contributed by atoms with van der Waals surface area (Å²) in [5.41, 5.74) is 2.10. The van der Waals surface area contributed by atoms with Gasteiger partial charge in [0.1, 0.15) is 5.15 Å². The van der Waals surface area contributed by atoms with Crippen LogP contribution in [-0.4, -0.2) is 29.7 Å². The molecule has 0 aliphatic heterocycles. The molecule has 3 N–H and O–H groups in total. The number of likely N-dealkylation sites (N-methyl/N-ethyl adjacent to an activating group) is 1. The summed E-state index contributed by atoms with van der Waals surface area (Å²) < 4.78 is 2.44. The number of carbonyl (C=O) groups is 1. The number of allylic oxidation sites excluding steroid dienone is 1. The predicted molar refractivity (Wildman–Crippen MR) is 132 cm³/mol. The fourth-order valence-electron chi connectivity index (χ4n) is 3.41. The molecule has 2 atom stereocenters. The molecule has 3 heterocycles. The first kappa shape index (κ1) is 22.5. The zero-order valence-electron chi connectivity index (χ0n) is 15.7. The topological polar surface area (TPSA) is 74.2 Å². The Hall–Kier alpha value is -1.20. The molecule has 4 rings (SSSR count). The van der Waals surface area contributed by atoms with E-state index in [2.05, 4.69) is 74.9 Å². The van der Waals surface area contributed by atoms with Crippen LogP contribution in [0.15, 0.2) is 35.7 Å². The zero-order chi connectivity index (χ0) is 20.8. The Morgan fingerprint density at radius 1 is 1.41 bits per heavy atom. The second-order valence-corrected chi connectivity index (χ2v) is 9.98. The summed E-state index contributed by atoms with van der Waals surface area (Å²) in [5, 5.41) is 16.6. The Labute approximate surface area is 196 Å². The average molecular weight is 562 g/mol. The van der Waals surface area contributed by atoms with Crippen molar-refractivity contribution in [2.24, 2.45) is 0 Å². The number of hydrogen-bond donors (Lipinski definition) is 3. The van der Waals surface area contributed by atoms with Gasteiger partial charge in [0.05, 0.1) is 19.5 Å². The first-order valence-corrected chi connectivity index (χ1v) is 12.2. The third kappa shape index (κ3) is 5.29. The second kappa shape index (κ2) is 10.7. The zero-order valence-corrected chi connectivity index (χ0v) is 20.2. The number of hydrogen-bond acceptors (Lipinski definition) is 6. The summed E-state index contributed by atoms with van der Waals surface area (Å²) in [6.07, 6.45) is 6.72. The van der Waals surface area contributed by atoms with E-state index in [4.69, 9.17) is 21.5 Å². The highest BCUT2D eigenvalue weighted by Crippen LogP contribution is 2.44. The quantitative estimate of drug-likeness (QED) is 0.155. The standard InChI is InChI=1S/C19H19ClIN3S2.CH2O2/c1-22-13-7-3-2-6-12(13)18-16(21)17-19(26-18)14(9-15(20)24-17)23-10-11-5-4-8-25-11;2-1-3/h2-5,8-9,12-13,22H,6-7,10H2,1H3,(H,23,24);1H,(H,2,3)/t12-,13-;/m0./s1. The molecular formula is C20H21ClIN3O2S2. The molecular weight excluding hydrogens is 541 g/mol. The summed E-state index contributed by atoms with van der Waals surface area (Å²) in [6.45, 7) is 0.558. The number of nitrogens with one attached hydrogen (secondary N) is 2. The number of pyridine rings is 1. The smallest absolute Gasteiger partial charge is 0.290 e. The fourth-order valence-corrected chi connectivity index (χ4v) is 6.86. The van der Waals surface area contributed by atoms with Crippen molar-refractivity contribution in [1.29, 1.82) is 0 Å². The lowest BCUT2D eigenvalue weighted by Gasteiger charge is -2.27. The molecule has 0 unspecified atom stereocenters. The van der Waals surface area contributed by atoms with E-state index in [9.17, 15) is 0 Å². The van der Waals surface area contributed by atoms with E-state index in [1.54, 1.807) is 11.3 Å². The number of aromatic nitrogens is 1. The van der Waals surface area contributed by atoms with Gasteiger partial charge in [-0.05, 0) is 53.9 Å². The Balaban J connectivity index is 0.000000755. The highest BCUT2D eigenvalue weighted by molar-refractivity contribution is 14.1. The van der Waals surface area contributed by atoms with Crippen molar-refractivity contribution in [2.75, 3.05) is 12.4 Å². The summed E-state index contributed by atoms with van der Waals surface area (Å²) in [4.78, 5) is 15.7. The van der Waals surface area contributed by atoms with Gasteiger partial charge < -0.3 is 15.7 Å². The summed E-state index contributed by atoms with van der Waals surface area (Å²) in [6, 6.07) is 6.65. The minimum absolute atomic E-state index is 0.250. The number of fused-ring (bicyclic) bond motifs is 1. The van der Waals surface area contributed by atoms with Crippen LogP contribution >= 0.6 is 56.9 Å². The lowest BCUT2D eigenvalue weighted by atomic mass is 9.88. The molecule has 0 amide bonds. The van der Waals surface area contributed by atoms with Crippen LogP contribution in [0.1, 0.15) is 28.5 Å². The van der Waals surface area contributed by atoms with Crippen LogP contribution < -0.4 is 10.6 Å². The molecule has 3 aromatic heterocycles. The van der Waals surface area contributed by atoms with Crippen LogP contribution in [0.25, 0.3) is 10.2 Å². The van der Waals surface area contributed by atoms with E-state index < -0.39 is 0 Å². The first-order chi connectivity index (χ1) is 14.1. The van der Waals surface area contributed by atoms with Gasteiger partial charge in [-0.3, -0.25) is 4.79 Å². The van der Waals surface area contributed by atoms with Gasteiger partial charge in [0.15, 0.2) is 0 Å². The molecule has 29 heavy (non-hydrogen) atoms. The van der Waals surface area contributed by atoms with Crippen LogP contribution in [0.4, 0.5) is 5.69 Å². The largest absolute Gasteiger partial charge is 0.483 e. The number of thiophene rings is 2. The second-order valence-electron chi connectivity index (χ2n) is 6.43. The number of carboxylic acid groups (broad SMARTS) is 1. The molecule has 0 bridgehead atoms. The molecule has 1 aliphatic carbocycles. The molecule has 0 saturated heterocycles.